The van der Waals surface area contributed by atoms with Gasteiger partial charge in [-0.2, -0.15) is 0 Å². The van der Waals surface area contributed by atoms with Crippen LogP contribution in [-0.2, 0) is 24.4 Å². The molecule has 1 aromatic heterocycles. The predicted molar refractivity (Wildman–Crippen MR) is 137 cm³/mol. The molecule has 3 N–H and O–H groups in total. The number of carbonyl (C=O) groups is 1. The van der Waals surface area contributed by atoms with Crippen LogP contribution in [-0.4, -0.2) is 11.1 Å². The summed E-state index contributed by atoms with van der Waals surface area (Å²) in [6, 6.07) is 29.8. The van der Waals surface area contributed by atoms with Gasteiger partial charge in [0.25, 0.3) is 0 Å². The van der Waals surface area contributed by atoms with Gasteiger partial charge in [-0.15, -0.1) is 0 Å². The molecule has 4 aromatic carbocycles. The minimum Gasteiger partial charge on any atom is -0.488 e. The van der Waals surface area contributed by atoms with Gasteiger partial charge in [0.2, 0.25) is 0 Å². The highest BCUT2D eigenvalue weighted by Crippen LogP contribution is 2.37. The fraction of sp³-hybridized carbons (Fsp3) is 0.100. The number of nitrogens with two attached hydrogens (primary N) is 1. The fourth-order valence-electron chi connectivity index (χ4n) is 4.29. The topological polar surface area (TPSA) is 85.7 Å². The molecule has 0 fully saturated rings. The van der Waals surface area contributed by atoms with Crippen molar-refractivity contribution in [1.29, 1.82) is 0 Å². The van der Waals surface area contributed by atoms with Crippen molar-refractivity contribution in [3.8, 4) is 28.0 Å². The van der Waals surface area contributed by atoms with Gasteiger partial charge in [0.1, 0.15) is 17.9 Å². The second-order valence-corrected chi connectivity index (χ2v) is 8.40. The minimum absolute atomic E-state index is 0.0951. The third kappa shape index (κ3) is 4.81. The summed E-state index contributed by atoms with van der Waals surface area (Å²) in [5.41, 5.74) is 13.4. The van der Waals surface area contributed by atoms with Crippen LogP contribution in [0.2, 0.25) is 0 Å². The Kier molecular flexibility index (Phi) is 6.33. The van der Waals surface area contributed by atoms with Crippen LogP contribution < -0.4 is 10.5 Å². The van der Waals surface area contributed by atoms with E-state index < -0.39 is 5.97 Å². The lowest BCUT2D eigenvalue weighted by Crippen LogP contribution is -2.04. The van der Waals surface area contributed by atoms with Crippen molar-refractivity contribution in [1.82, 2.24) is 0 Å². The Labute approximate surface area is 203 Å². The number of hydrogen-bond donors (Lipinski definition) is 2. The second kappa shape index (κ2) is 9.87. The van der Waals surface area contributed by atoms with E-state index in [1.165, 1.54) is 0 Å². The molecule has 5 rings (SSSR count). The smallest absolute Gasteiger partial charge is 0.307 e. The molecule has 0 atom stereocenters. The van der Waals surface area contributed by atoms with Crippen LogP contribution in [0.4, 0.5) is 0 Å². The Balaban J connectivity index is 1.58. The number of fused-ring (bicyclic) bond motifs is 1. The maximum atomic E-state index is 11.2. The van der Waals surface area contributed by atoms with Crippen LogP contribution in [0.3, 0.4) is 0 Å². The number of aliphatic carboxylic acids is 1. The van der Waals surface area contributed by atoms with Gasteiger partial charge in [0.05, 0.1) is 12.7 Å². The van der Waals surface area contributed by atoms with Gasteiger partial charge in [-0.25, -0.2) is 0 Å². The quantitative estimate of drug-likeness (QED) is 0.277. The lowest BCUT2D eigenvalue weighted by atomic mass is 9.95. The van der Waals surface area contributed by atoms with Crippen molar-refractivity contribution in [2.24, 2.45) is 5.73 Å². The van der Waals surface area contributed by atoms with Gasteiger partial charge in [-0.3, -0.25) is 4.79 Å². The van der Waals surface area contributed by atoms with Gasteiger partial charge in [-0.1, -0.05) is 66.7 Å². The molecule has 0 aliphatic rings. The van der Waals surface area contributed by atoms with Crippen molar-refractivity contribution < 1.29 is 19.1 Å². The van der Waals surface area contributed by atoms with Crippen LogP contribution in [0, 0.1) is 0 Å². The summed E-state index contributed by atoms with van der Waals surface area (Å²) in [5.74, 6) is -0.342. The first-order valence-electron chi connectivity index (χ1n) is 11.4. The maximum absolute atomic E-state index is 11.2. The van der Waals surface area contributed by atoms with E-state index in [9.17, 15) is 9.90 Å². The van der Waals surface area contributed by atoms with Crippen molar-refractivity contribution in [2.45, 2.75) is 19.6 Å². The molecule has 0 amide bonds. The molecule has 0 saturated carbocycles. The molecule has 5 heteroatoms. The summed E-state index contributed by atoms with van der Waals surface area (Å²) in [6.45, 7) is 0.729. The number of para-hydroxylation sites is 1. The Morgan fingerprint density at radius 3 is 2.40 bits per heavy atom. The van der Waals surface area contributed by atoms with E-state index in [1.54, 1.807) is 18.4 Å². The van der Waals surface area contributed by atoms with E-state index in [2.05, 4.69) is 36.4 Å². The number of rotatable bonds is 8. The summed E-state index contributed by atoms with van der Waals surface area (Å²) >= 11 is 0. The third-order valence-electron chi connectivity index (χ3n) is 6.03. The molecule has 174 valence electrons. The van der Waals surface area contributed by atoms with Gasteiger partial charge < -0.3 is 20.0 Å². The first kappa shape index (κ1) is 22.4. The summed E-state index contributed by atoms with van der Waals surface area (Å²) in [5, 5.41) is 10.2. The first-order valence-corrected chi connectivity index (χ1v) is 11.4. The summed E-state index contributed by atoms with van der Waals surface area (Å²) in [7, 11) is 0. The normalized spacial score (nSPS) is 11.0. The van der Waals surface area contributed by atoms with Crippen LogP contribution >= 0.6 is 0 Å². The van der Waals surface area contributed by atoms with Gasteiger partial charge in [0, 0.05) is 28.6 Å². The molecule has 5 aromatic rings. The Hall–Kier alpha value is -4.35. The van der Waals surface area contributed by atoms with Crippen LogP contribution in [0.5, 0.6) is 5.75 Å². The lowest BCUT2D eigenvalue weighted by Gasteiger charge is -2.11. The molecule has 0 spiro atoms. The van der Waals surface area contributed by atoms with E-state index in [0.29, 0.717) is 17.9 Å². The van der Waals surface area contributed by atoms with Crippen molar-refractivity contribution >= 4 is 16.9 Å². The number of hydrogen-bond acceptors (Lipinski definition) is 4. The fourth-order valence-corrected chi connectivity index (χ4v) is 4.29. The number of furan rings is 1. The number of ether oxygens (including phenoxy) is 1. The molecular weight excluding hydrogens is 438 g/mol. The van der Waals surface area contributed by atoms with E-state index in [0.717, 1.165) is 44.3 Å². The standard InChI is InChI=1S/C30H25NO4/c31-17-20-7-6-11-22(13-20)24-14-26(21-8-2-1-3-9-21)30-27(15-24)25(19-35-30)18-34-28-12-5-4-10-23(28)16-29(32)33/h1-15,19H,16-18,31H2,(H,32,33). The lowest BCUT2D eigenvalue weighted by molar-refractivity contribution is -0.136. The molecule has 0 unspecified atom stereocenters. The average Bonchev–Trinajstić information content (AvgIpc) is 3.31. The van der Waals surface area contributed by atoms with E-state index in [4.69, 9.17) is 14.9 Å². The van der Waals surface area contributed by atoms with Gasteiger partial charge in [0.15, 0.2) is 0 Å². The van der Waals surface area contributed by atoms with E-state index in [-0.39, 0.29) is 13.0 Å². The first-order chi connectivity index (χ1) is 17.1. The Bertz CT molecular complexity index is 1490. The molecular formula is C30H25NO4. The third-order valence-corrected chi connectivity index (χ3v) is 6.03. The van der Waals surface area contributed by atoms with Crippen LogP contribution in [0.25, 0.3) is 33.2 Å². The zero-order valence-electron chi connectivity index (χ0n) is 19.1. The average molecular weight is 464 g/mol. The number of carboxylic acid groups (broad SMARTS) is 1. The monoisotopic (exact) mass is 463 g/mol. The zero-order chi connectivity index (χ0) is 24.2. The molecule has 5 nitrogen and oxygen atoms in total. The molecule has 0 saturated heterocycles. The summed E-state index contributed by atoms with van der Waals surface area (Å²) in [6.07, 6.45) is 1.62. The van der Waals surface area contributed by atoms with Crippen molar-refractivity contribution in [3.63, 3.8) is 0 Å². The van der Waals surface area contributed by atoms with Gasteiger partial charge >= 0.3 is 5.97 Å². The largest absolute Gasteiger partial charge is 0.488 e. The van der Waals surface area contributed by atoms with Crippen LogP contribution in [0.1, 0.15) is 16.7 Å². The number of benzene rings is 4. The highest BCUT2D eigenvalue weighted by molar-refractivity contribution is 5.98. The molecule has 35 heavy (non-hydrogen) atoms. The maximum Gasteiger partial charge on any atom is 0.307 e. The molecule has 0 bridgehead atoms. The molecule has 0 radical (unpaired) electrons. The van der Waals surface area contributed by atoms with E-state index >= 15 is 0 Å². The van der Waals surface area contributed by atoms with Crippen LogP contribution in [0.15, 0.2) is 102 Å². The molecule has 1 heterocycles. The van der Waals surface area contributed by atoms with Crippen molar-refractivity contribution in [3.05, 3.63) is 114 Å². The summed E-state index contributed by atoms with van der Waals surface area (Å²) in [4.78, 5) is 11.2. The Morgan fingerprint density at radius 1 is 0.829 bits per heavy atom. The molecule has 0 aliphatic heterocycles. The second-order valence-electron chi connectivity index (χ2n) is 8.40. The number of carboxylic acids is 1. The highest BCUT2D eigenvalue weighted by atomic mass is 16.5. The van der Waals surface area contributed by atoms with E-state index in [1.807, 2.05) is 42.5 Å². The summed E-state index contributed by atoms with van der Waals surface area (Å²) < 4.78 is 12.1. The predicted octanol–water partition coefficient (Wildman–Crippen LogP) is 6.43. The molecule has 0 aliphatic carbocycles. The van der Waals surface area contributed by atoms with Gasteiger partial charge in [-0.05, 0) is 46.5 Å². The van der Waals surface area contributed by atoms with Crippen molar-refractivity contribution in [2.75, 3.05) is 0 Å². The highest BCUT2D eigenvalue weighted by Gasteiger charge is 2.16. The Morgan fingerprint density at radius 2 is 1.60 bits per heavy atom. The zero-order valence-corrected chi connectivity index (χ0v) is 19.1. The minimum atomic E-state index is -0.897. The SMILES string of the molecule is NCc1cccc(-c2cc(-c3ccccc3)c3occ(COc4ccccc4CC(=O)O)c3c2)c1.